The average molecular weight is 422 g/mol. The number of hydrogen-bond acceptors (Lipinski definition) is 2. The van der Waals surface area contributed by atoms with E-state index >= 15 is 0 Å². The molecule has 1 fully saturated rings. The molecule has 0 aromatic heterocycles. The lowest BCUT2D eigenvalue weighted by molar-refractivity contribution is -0.138. The number of benzene rings is 3. The van der Waals surface area contributed by atoms with Gasteiger partial charge in [0.2, 0.25) is 0 Å². The normalized spacial score (nSPS) is 21.9. The molecule has 1 radical (unpaired) electrons. The molecule has 0 N–H and O–H groups in total. The molecule has 3 atom stereocenters. The Bertz CT molecular complexity index is 1030. The average Bonchev–Trinajstić information content (AvgIpc) is 3.10. The molecule has 1 heterocycles. The van der Waals surface area contributed by atoms with E-state index in [2.05, 4.69) is 6.92 Å². The van der Waals surface area contributed by atoms with E-state index in [-0.39, 0.29) is 17.4 Å². The molecule has 1 aliphatic heterocycles. The largest absolute Gasteiger partial charge is 0.416 e. The number of halogens is 3. The molecular weight excluding hydrogens is 399 g/mol. The summed E-state index contributed by atoms with van der Waals surface area (Å²) in [5.41, 5.74) is 0.915. The van der Waals surface area contributed by atoms with E-state index in [1.54, 1.807) is 30.3 Å². The van der Waals surface area contributed by atoms with Crippen LogP contribution >= 0.6 is 0 Å². The van der Waals surface area contributed by atoms with E-state index in [9.17, 15) is 18.0 Å². The van der Waals surface area contributed by atoms with Crippen LogP contribution in [-0.2, 0) is 12.7 Å². The van der Waals surface area contributed by atoms with Crippen molar-refractivity contribution in [2.45, 2.75) is 31.2 Å². The molecule has 4 rings (SSSR count). The zero-order chi connectivity index (χ0) is 22.0. The van der Waals surface area contributed by atoms with Crippen molar-refractivity contribution in [2.24, 2.45) is 5.92 Å². The minimum absolute atomic E-state index is 0.131. The van der Waals surface area contributed by atoms with Gasteiger partial charge in [0.1, 0.15) is 0 Å². The fourth-order valence-corrected chi connectivity index (χ4v) is 4.51. The molecule has 0 bridgehead atoms. The Hall–Kier alpha value is -2.92. The SMILES string of the molecule is [CH2][C@@H]1C[C@H](C(=O)c2ccccc2)[C@H](c2ccccc2C(F)(F)F)N1Cc1ccccc1. The Morgan fingerprint density at radius 3 is 2.13 bits per heavy atom. The number of carbonyl (C=O) groups excluding carboxylic acids is 1. The van der Waals surface area contributed by atoms with Gasteiger partial charge in [-0.15, -0.1) is 0 Å². The quantitative estimate of drug-likeness (QED) is 0.446. The Balaban J connectivity index is 1.80. The molecule has 0 unspecified atom stereocenters. The Kier molecular flexibility index (Phi) is 5.96. The topological polar surface area (TPSA) is 20.3 Å². The van der Waals surface area contributed by atoms with Gasteiger partial charge in [0.15, 0.2) is 5.78 Å². The fraction of sp³-hybridized carbons (Fsp3) is 0.231. The fourth-order valence-electron chi connectivity index (χ4n) is 4.51. The second kappa shape index (κ2) is 8.67. The van der Waals surface area contributed by atoms with Crippen molar-refractivity contribution in [3.63, 3.8) is 0 Å². The molecular formula is C26H23F3NO. The lowest BCUT2D eigenvalue weighted by atomic mass is 9.84. The summed E-state index contributed by atoms with van der Waals surface area (Å²) in [6.45, 7) is 4.62. The van der Waals surface area contributed by atoms with E-state index < -0.39 is 23.7 Å². The molecule has 1 aliphatic rings. The van der Waals surface area contributed by atoms with Crippen LogP contribution in [0.15, 0.2) is 84.9 Å². The minimum atomic E-state index is -4.51. The van der Waals surface area contributed by atoms with Crippen LogP contribution in [0.2, 0.25) is 0 Å². The first-order valence-corrected chi connectivity index (χ1v) is 10.2. The summed E-state index contributed by atoms with van der Waals surface area (Å²) in [6, 6.07) is 22.9. The molecule has 0 amide bonds. The number of ketones is 1. The van der Waals surface area contributed by atoms with Crippen molar-refractivity contribution in [2.75, 3.05) is 0 Å². The first kappa shape index (κ1) is 21.3. The summed E-state index contributed by atoms with van der Waals surface area (Å²) < 4.78 is 41.7. The van der Waals surface area contributed by atoms with Gasteiger partial charge in [-0.2, -0.15) is 13.2 Å². The summed E-state index contributed by atoms with van der Waals surface area (Å²) in [5.74, 6) is -0.760. The first-order chi connectivity index (χ1) is 14.9. The zero-order valence-electron chi connectivity index (χ0n) is 16.9. The zero-order valence-corrected chi connectivity index (χ0v) is 16.9. The first-order valence-electron chi connectivity index (χ1n) is 10.2. The van der Waals surface area contributed by atoms with E-state index in [4.69, 9.17) is 0 Å². The van der Waals surface area contributed by atoms with Crippen molar-refractivity contribution in [3.8, 4) is 0 Å². The van der Waals surface area contributed by atoms with Crippen LogP contribution in [0.5, 0.6) is 0 Å². The van der Waals surface area contributed by atoms with E-state index in [1.165, 1.54) is 12.1 Å². The third-order valence-electron chi connectivity index (χ3n) is 5.92. The molecule has 5 heteroatoms. The molecule has 0 saturated carbocycles. The third kappa shape index (κ3) is 4.42. The van der Waals surface area contributed by atoms with E-state index in [0.29, 0.717) is 18.5 Å². The van der Waals surface area contributed by atoms with Gasteiger partial charge in [-0.1, -0.05) is 78.9 Å². The molecule has 0 aliphatic carbocycles. The second-order valence-electron chi connectivity index (χ2n) is 7.91. The van der Waals surface area contributed by atoms with Gasteiger partial charge in [-0.3, -0.25) is 9.69 Å². The minimum Gasteiger partial charge on any atom is -0.294 e. The van der Waals surface area contributed by atoms with Crippen molar-refractivity contribution < 1.29 is 18.0 Å². The van der Waals surface area contributed by atoms with Gasteiger partial charge in [-0.25, -0.2) is 0 Å². The number of hydrogen-bond donors (Lipinski definition) is 0. The van der Waals surface area contributed by atoms with Crippen LogP contribution < -0.4 is 0 Å². The van der Waals surface area contributed by atoms with Crippen molar-refractivity contribution >= 4 is 5.78 Å². The van der Waals surface area contributed by atoms with Crippen LogP contribution in [0.1, 0.15) is 39.5 Å². The molecule has 159 valence electrons. The van der Waals surface area contributed by atoms with Crippen molar-refractivity contribution in [3.05, 3.63) is 114 Å². The van der Waals surface area contributed by atoms with Crippen molar-refractivity contribution in [1.82, 2.24) is 4.90 Å². The molecule has 0 spiro atoms. The summed E-state index contributed by atoms with van der Waals surface area (Å²) >= 11 is 0. The highest BCUT2D eigenvalue weighted by atomic mass is 19.4. The molecule has 31 heavy (non-hydrogen) atoms. The number of alkyl halides is 3. The van der Waals surface area contributed by atoms with Gasteiger partial charge >= 0.3 is 6.18 Å². The predicted molar refractivity (Wildman–Crippen MR) is 114 cm³/mol. The van der Waals surface area contributed by atoms with Crippen LogP contribution in [0, 0.1) is 12.8 Å². The van der Waals surface area contributed by atoms with Crippen LogP contribution in [0.25, 0.3) is 0 Å². The van der Waals surface area contributed by atoms with E-state index in [0.717, 1.165) is 11.6 Å². The maximum absolute atomic E-state index is 13.9. The Morgan fingerprint density at radius 2 is 1.48 bits per heavy atom. The van der Waals surface area contributed by atoms with Gasteiger partial charge in [-0.05, 0) is 30.5 Å². The summed E-state index contributed by atoms with van der Waals surface area (Å²) in [7, 11) is 0. The lowest BCUT2D eigenvalue weighted by Gasteiger charge is -2.32. The molecule has 3 aromatic carbocycles. The van der Waals surface area contributed by atoms with Gasteiger partial charge in [0, 0.05) is 30.1 Å². The summed E-state index contributed by atoms with van der Waals surface area (Å²) in [6.07, 6.45) is -4.11. The monoisotopic (exact) mass is 422 g/mol. The van der Waals surface area contributed by atoms with Gasteiger partial charge in [0.25, 0.3) is 0 Å². The highest BCUT2D eigenvalue weighted by molar-refractivity contribution is 5.98. The van der Waals surface area contributed by atoms with Gasteiger partial charge < -0.3 is 0 Å². The highest BCUT2D eigenvalue weighted by Crippen LogP contribution is 2.47. The second-order valence-corrected chi connectivity index (χ2v) is 7.91. The molecule has 1 saturated heterocycles. The predicted octanol–water partition coefficient (Wildman–Crippen LogP) is 6.35. The standard InChI is InChI=1S/C26H23F3NO/c1-18-16-22(25(31)20-12-6-3-7-13-20)24(30(18)17-19-10-4-2-5-11-19)21-14-8-9-15-23(21)26(27,28)29/h2-15,18,22,24H,1,16-17H2/t18-,22+,24+/m1/s1. The molecule has 2 nitrogen and oxygen atoms in total. The summed E-state index contributed by atoms with van der Waals surface area (Å²) in [4.78, 5) is 15.3. The lowest BCUT2D eigenvalue weighted by Crippen LogP contribution is -2.33. The maximum Gasteiger partial charge on any atom is 0.416 e. The number of rotatable bonds is 5. The van der Waals surface area contributed by atoms with Gasteiger partial charge in [0.05, 0.1) is 5.56 Å². The number of nitrogens with zero attached hydrogens (tertiary/aromatic N) is 1. The maximum atomic E-state index is 13.9. The number of likely N-dealkylation sites (tertiary alicyclic amines) is 1. The smallest absolute Gasteiger partial charge is 0.294 e. The van der Waals surface area contributed by atoms with E-state index in [1.807, 2.05) is 41.3 Å². The number of carbonyl (C=O) groups is 1. The Labute approximate surface area is 180 Å². The molecule has 3 aromatic rings. The number of Topliss-reactive ketones (excluding diaryl/α,β-unsaturated/α-hetero) is 1. The van der Waals surface area contributed by atoms with Crippen LogP contribution in [0.4, 0.5) is 13.2 Å². The van der Waals surface area contributed by atoms with Crippen LogP contribution in [0.3, 0.4) is 0 Å². The Morgan fingerprint density at radius 1 is 0.903 bits per heavy atom. The summed E-state index contributed by atoms with van der Waals surface area (Å²) in [5, 5.41) is 0. The van der Waals surface area contributed by atoms with Crippen LogP contribution in [-0.4, -0.2) is 16.7 Å². The van der Waals surface area contributed by atoms with Crippen molar-refractivity contribution in [1.29, 1.82) is 0 Å². The highest BCUT2D eigenvalue weighted by Gasteiger charge is 2.47. The third-order valence-corrected chi connectivity index (χ3v) is 5.92.